The van der Waals surface area contributed by atoms with E-state index in [4.69, 9.17) is 19.2 Å². The van der Waals surface area contributed by atoms with Gasteiger partial charge in [-0.05, 0) is 0 Å². The second-order valence-electron chi connectivity index (χ2n) is 0.500. The monoisotopic (exact) mass is 206 g/mol. The summed E-state index contributed by atoms with van der Waals surface area (Å²) >= 11 is 0. The summed E-state index contributed by atoms with van der Waals surface area (Å²) in [6, 6.07) is 0. The third kappa shape index (κ3) is 156. The minimum atomic E-state index is -5.61. The Morgan fingerprint density at radius 3 is 0.857 bits per heavy atom. The molecular weight excluding hydrogens is 206 g/mol. The molecule has 0 amide bonds. The van der Waals surface area contributed by atoms with Crippen molar-refractivity contribution in [2.75, 3.05) is 0 Å². The minimum Gasteiger partial charge on any atom is -0.894 e. The van der Waals surface area contributed by atoms with E-state index in [1.54, 1.807) is 0 Å². The molecule has 0 saturated carbocycles. The van der Waals surface area contributed by atoms with Crippen LogP contribution in [0.1, 0.15) is 0 Å². The molecule has 0 heterocycles. The van der Waals surface area contributed by atoms with Gasteiger partial charge in [0.25, 0.3) is 0 Å². The smallest absolute Gasteiger partial charge is 0.894 e. The summed E-state index contributed by atoms with van der Waals surface area (Å²) in [5.74, 6) is 0. The second-order valence-corrected chi connectivity index (χ2v) is 1.50. The molecular formula is CoMnO4Si. The summed E-state index contributed by atoms with van der Waals surface area (Å²) in [6.07, 6.45) is 0. The Kier molecular flexibility index (Phi) is 11.7. The molecule has 4 nitrogen and oxygen atoms in total. The molecule has 0 aromatic heterocycles. The van der Waals surface area contributed by atoms with E-state index in [9.17, 15) is 0 Å². The van der Waals surface area contributed by atoms with Gasteiger partial charge in [-0.2, -0.15) is 0 Å². The molecule has 0 atom stereocenters. The van der Waals surface area contributed by atoms with Gasteiger partial charge in [0.15, 0.2) is 0 Å². The van der Waals surface area contributed by atoms with Crippen molar-refractivity contribution in [1.29, 1.82) is 0 Å². The van der Waals surface area contributed by atoms with Crippen molar-refractivity contribution >= 4 is 9.05 Å². The molecule has 7 heteroatoms. The zero-order chi connectivity index (χ0) is 4.50. The van der Waals surface area contributed by atoms with Crippen LogP contribution in [0.3, 0.4) is 0 Å². The topological polar surface area (TPSA) is 92.2 Å². The Labute approximate surface area is 62.3 Å². The van der Waals surface area contributed by atoms with Crippen LogP contribution in [0.25, 0.3) is 0 Å². The Bertz CT molecular complexity index is 27.2. The zero-order valence-corrected chi connectivity index (χ0v) is 6.07. The van der Waals surface area contributed by atoms with Gasteiger partial charge >= 0.3 is 33.8 Å². The SMILES string of the molecule is [Co+2].[Mn+2].[O-][Si]([O-])([O-])[O-]. The largest absolute Gasteiger partial charge is 2.00 e. The third-order valence-electron chi connectivity index (χ3n) is 0. The van der Waals surface area contributed by atoms with E-state index in [2.05, 4.69) is 0 Å². The van der Waals surface area contributed by atoms with Gasteiger partial charge in [-0.15, -0.1) is 0 Å². The zero-order valence-electron chi connectivity index (χ0n) is 2.84. The van der Waals surface area contributed by atoms with Crippen LogP contribution >= 0.6 is 0 Å². The van der Waals surface area contributed by atoms with E-state index in [0.717, 1.165) is 0 Å². The number of hydrogen-bond donors (Lipinski definition) is 0. The van der Waals surface area contributed by atoms with Crippen molar-refractivity contribution in [2.24, 2.45) is 0 Å². The normalized spacial score (nSPS) is 8.57. The van der Waals surface area contributed by atoms with Crippen molar-refractivity contribution in [3.05, 3.63) is 0 Å². The first-order valence-corrected chi connectivity index (χ1v) is 2.45. The fourth-order valence-corrected chi connectivity index (χ4v) is 0. The third-order valence-corrected chi connectivity index (χ3v) is 0. The van der Waals surface area contributed by atoms with Gasteiger partial charge in [0.1, 0.15) is 0 Å². The summed E-state index contributed by atoms with van der Waals surface area (Å²) in [4.78, 5) is 34.3. The molecule has 0 aliphatic carbocycles. The maximum absolute atomic E-state index is 8.58. The Hall–Kier alpha value is 1.08. The summed E-state index contributed by atoms with van der Waals surface area (Å²) in [7, 11) is -5.61. The second kappa shape index (κ2) is 5.22. The van der Waals surface area contributed by atoms with E-state index < -0.39 is 9.05 Å². The molecule has 7 heavy (non-hydrogen) atoms. The standard InChI is InChI=1S/Co.Mn.O4Si/c;;1-5(2,3)4/q2*+2;-4. The Morgan fingerprint density at radius 2 is 0.857 bits per heavy atom. The molecule has 44 valence electrons. The fraction of sp³-hybridized carbons (Fsp3) is 0. The molecule has 0 aromatic carbocycles. The molecule has 0 fully saturated rings. The van der Waals surface area contributed by atoms with Gasteiger partial charge in [-0.3, -0.25) is 0 Å². The average molecular weight is 206 g/mol. The molecule has 2 radical (unpaired) electrons. The molecule has 0 saturated heterocycles. The minimum absolute atomic E-state index is 0. The van der Waals surface area contributed by atoms with Crippen LogP contribution in [0.5, 0.6) is 0 Å². The first-order valence-electron chi connectivity index (χ1n) is 0.816. The molecule has 0 unspecified atom stereocenters. The molecule has 0 N–H and O–H groups in total. The van der Waals surface area contributed by atoms with E-state index in [1.165, 1.54) is 0 Å². The Balaban J connectivity index is -0.0000000800. The van der Waals surface area contributed by atoms with Crippen LogP contribution in [0.4, 0.5) is 0 Å². The van der Waals surface area contributed by atoms with E-state index in [-0.39, 0.29) is 33.8 Å². The van der Waals surface area contributed by atoms with Crippen molar-refractivity contribution < 1.29 is 53.0 Å². The maximum atomic E-state index is 8.58. The van der Waals surface area contributed by atoms with Crippen LogP contribution in [0.15, 0.2) is 0 Å². The van der Waals surface area contributed by atoms with Gasteiger partial charge in [0, 0.05) is 0 Å². The molecule has 0 aromatic rings. The van der Waals surface area contributed by atoms with E-state index >= 15 is 0 Å². The first-order chi connectivity index (χ1) is 2.00. The van der Waals surface area contributed by atoms with Crippen molar-refractivity contribution in [1.82, 2.24) is 0 Å². The molecule has 0 aliphatic rings. The average Bonchev–Trinajstić information content (AvgIpc) is 0.722. The first kappa shape index (κ1) is 15.7. The van der Waals surface area contributed by atoms with Crippen molar-refractivity contribution in [3.8, 4) is 0 Å². The summed E-state index contributed by atoms with van der Waals surface area (Å²) < 4.78 is 0. The number of rotatable bonds is 0. The van der Waals surface area contributed by atoms with Crippen LogP contribution in [0.2, 0.25) is 0 Å². The van der Waals surface area contributed by atoms with Crippen molar-refractivity contribution in [2.45, 2.75) is 0 Å². The maximum Gasteiger partial charge on any atom is 2.00 e. The molecule has 0 spiro atoms. The van der Waals surface area contributed by atoms with Gasteiger partial charge < -0.3 is 28.2 Å². The van der Waals surface area contributed by atoms with Crippen LogP contribution < -0.4 is 19.2 Å². The van der Waals surface area contributed by atoms with Crippen LogP contribution in [-0.2, 0) is 33.8 Å². The Morgan fingerprint density at radius 1 is 0.857 bits per heavy atom. The predicted molar refractivity (Wildman–Crippen MR) is 5.75 cm³/mol. The molecule has 0 rings (SSSR count). The number of hydrogen-bond acceptors (Lipinski definition) is 4. The molecule has 0 bridgehead atoms. The summed E-state index contributed by atoms with van der Waals surface area (Å²) in [6.45, 7) is 0. The predicted octanol–water partition coefficient (Wildman–Crippen LogP) is -5.14. The fourth-order valence-electron chi connectivity index (χ4n) is 0. The quantitative estimate of drug-likeness (QED) is 0.370. The van der Waals surface area contributed by atoms with Gasteiger partial charge in [-0.1, -0.05) is 0 Å². The van der Waals surface area contributed by atoms with Crippen LogP contribution in [-0.4, -0.2) is 9.05 Å². The van der Waals surface area contributed by atoms with E-state index in [1.807, 2.05) is 0 Å². The van der Waals surface area contributed by atoms with Gasteiger partial charge in [0.05, 0.1) is 0 Å². The van der Waals surface area contributed by atoms with E-state index in [0.29, 0.717) is 0 Å². The van der Waals surface area contributed by atoms with Crippen LogP contribution in [0, 0.1) is 0 Å². The molecule has 0 aliphatic heterocycles. The van der Waals surface area contributed by atoms with Gasteiger partial charge in [0.2, 0.25) is 0 Å². The summed E-state index contributed by atoms with van der Waals surface area (Å²) in [5.41, 5.74) is 0. The van der Waals surface area contributed by atoms with Crippen molar-refractivity contribution in [3.63, 3.8) is 0 Å². The summed E-state index contributed by atoms with van der Waals surface area (Å²) in [5, 5.41) is 0. The van der Waals surface area contributed by atoms with Gasteiger partial charge in [-0.25, -0.2) is 0 Å².